The Labute approximate surface area is 253 Å². The van der Waals surface area contributed by atoms with E-state index >= 15 is 4.39 Å². The first-order chi connectivity index (χ1) is 20.5. The van der Waals surface area contributed by atoms with Crippen LogP contribution < -0.4 is 27.8 Å². The normalized spacial score (nSPS) is 13.6. The average Bonchev–Trinajstić information content (AvgIpc) is 3.36. The van der Waals surface area contributed by atoms with Crippen LogP contribution in [0.25, 0.3) is 28.0 Å². The molecule has 4 aromatic rings. The molecule has 43 heavy (non-hydrogen) atoms. The van der Waals surface area contributed by atoms with Gasteiger partial charge in [0.25, 0.3) is 0 Å². The van der Waals surface area contributed by atoms with Crippen LogP contribution in [0.1, 0.15) is 50.3 Å². The van der Waals surface area contributed by atoms with E-state index in [0.29, 0.717) is 40.9 Å². The van der Waals surface area contributed by atoms with E-state index in [2.05, 4.69) is 25.5 Å². The van der Waals surface area contributed by atoms with Crippen molar-refractivity contribution in [2.45, 2.75) is 57.7 Å². The van der Waals surface area contributed by atoms with Crippen LogP contribution in [-0.2, 0) is 11.3 Å². The molecule has 2 aromatic carbocycles. The average molecular weight is 613 g/mol. The van der Waals surface area contributed by atoms with Gasteiger partial charge in [-0.15, -0.1) is 0 Å². The predicted molar refractivity (Wildman–Crippen MR) is 167 cm³/mol. The van der Waals surface area contributed by atoms with Crippen molar-refractivity contribution in [1.82, 2.24) is 25.2 Å². The molecule has 0 aliphatic rings. The summed E-state index contributed by atoms with van der Waals surface area (Å²) in [6, 6.07) is 12.4. The van der Waals surface area contributed by atoms with Crippen LogP contribution in [-0.4, -0.2) is 51.0 Å². The van der Waals surface area contributed by atoms with E-state index in [4.69, 9.17) is 33.7 Å². The highest BCUT2D eigenvalue weighted by Gasteiger charge is 2.17. The fourth-order valence-corrected chi connectivity index (χ4v) is 5.24. The monoisotopic (exact) mass is 612 g/mol. The molecule has 13 heteroatoms. The molecule has 230 valence electrons. The molecule has 9 N–H and O–H groups in total. The van der Waals surface area contributed by atoms with Crippen LogP contribution in [0.3, 0.4) is 0 Å². The van der Waals surface area contributed by atoms with E-state index in [1.54, 1.807) is 24.4 Å². The summed E-state index contributed by atoms with van der Waals surface area (Å²) in [4.78, 5) is 24.6. The maximum atomic E-state index is 15.1. The molecule has 0 saturated heterocycles. The smallest absolute Gasteiger partial charge is 0.354 e. The molecule has 0 unspecified atom stereocenters. The first-order valence-electron chi connectivity index (χ1n) is 14.1. The Morgan fingerprint density at radius 1 is 1.23 bits per heavy atom. The van der Waals surface area contributed by atoms with E-state index in [0.717, 1.165) is 30.4 Å². The van der Waals surface area contributed by atoms with Crippen LogP contribution in [0.4, 0.5) is 4.39 Å². The second-order valence-electron chi connectivity index (χ2n) is 10.8. The van der Waals surface area contributed by atoms with Crippen LogP contribution in [0, 0.1) is 11.2 Å². The van der Waals surface area contributed by atoms with Crippen LogP contribution in [0.2, 0.25) is 5.02 Å². The van der Waals surface area contributed by atoms with Gasteiger partial charge in [-0.2, -0.15) is 4.98 Å². The molecule has 0 fully saturated rings. The maximum absolute atomic E-state index is 15.1. The quantitative estimate of drug-likeness (QED) is 0.0478. The molecular weight excluding hydrogens is 575 g/mol. The van der Waals surface area contributed by atoms with Crippen molar-refractivity contribution in [2.24, 2.45) is 11.5 Å². The number of aromatic amines is 1. The molecule has 0 saturated carbocycles. The third-order valence-electron chi connectivity index (χ3n) is 7.25. The van der Waals surface area contributed by atoms with Gasteiger partial charge in [0.15, 0.2) is 11.8 Å². The van der Waals surface area contributed by atoms with Crippen molar-refractivity contribution < 1.29 is 14.5 Å². The van der Waals surface area contributed by atoms with Gasteiger partial charge in [0, 0.05) is 41.8 Å². The summed E-state index contributed by atoms with van der Waals surface area (Å²) in [5.74, 6) is -0.666. The summed E-state index contributed by atoms with van der Waals surface area (Å²) in [5, 5.41) is 23.0. The molecule has 0 spiro atoms. The molecule has 0 amide bonds. The number of aromatic nitrogens is 3. The number of rotatable bonds is 14. The number of hydrogen-bond acceptors (Lipinski definition) is 7. The van der Waals surface area contributed by atoms with E-state index in [1.165, 1.54) is 4.57 Å². The first-order valence-corrected chi connectivity index (χ1v) is 14.5. The summed E-state index contributed by atoms with van der Waals surface area (Å²) < 4.78 is 16.5. The van der Waals surface area contributed by atoms with Crippen molar-refractivity contribution in [3.8, 4) is 16.9 Å². The molecule has 11 nitrogen and oxygen atoms in total. The Morgan fingerprint density at radius 3 is 2.65 bits per heavy atom. The van der Waals surface area contributed by atoms with Crippen molar-refractivity contribution in [2.75, 3.05) is 13.2 Å². The lowest BCUT2D eigenvalue weighted by Crippen LogP contribution is -2.39. The van der Waals surface area contributed by atoms with Gasteiger partial charge in [0.05, 0.1) is 23.0 Å². The summed E-state index contributed by atoms with van der Waals surface area (Å²) >= 11 is 6.23. The lowest BCUT2D eigenvalue weighted by atomic mass is 10.0. The van der Waals surface area contributed by atoms with E-state index in [-0.39, 0.29) is 35.7 Å². The van der Waals surface area contributed by atoms with Crippen molar-refractivity contribution in [3.63, 3.8) is 0 Å². The van der Waals surface area contributed by atoms with Gasteiger partial charge in [-0.25, -0.2) is 14.1 Å². The lowest BCUT2D eigenvalue weighted by Gasteiger charge is -2.23. The van der Waals surface area contributed by atoms with Crippen LogP contribution in [0.15, 0.2) is 53.5 Å². The zero-order valence-electron chi connectivity index (χ0n) is 24.2. The highest BCUT2D eigenvalue weighted by Crippen LogP contribution is 2.31. The zero-order valence-corrected chi connectivity index (χ0v) is 24.9. The molecule has 0 aliphatic heterocycles. The highest BCUT2D eigenvalue weighted by molar-refractivity contribution is 6.31. The first kappa shape index (κ1) is 32.1. The number of guanidine groups is 1. The number of fused-ring (bicyclic) bond motifs is 1. The van der Waals surface area contributed by atoms with Gasteiger partial charge in [0.2, 0.25) is 0 Å². The Balaban J connectivity index is 1.54. The van der Waals surface area contributed by atoms with Crippen molar-refractivity contribution in [3.05, 3.63) is 81.1 Å². The predicted octanol–water partition coefficient (Wildman–Crippen LogP) is 4.23. The van der Waals surface area contributed by atoms with E-state index in [9.17, 15) is 4.79 Å². The number of benzene rings is 2. The largest absolute Gasteiger partial charge is 0.370 e. The van der Waals surface area contributed by atoms with Crippen molar-refractivity contribution >= 4 is 28.6 Å². The van der Waals surface area contributed by atoms with Gasteiger partial charge in [0.1, 0.15) is 5.65 Å². The molecule has 3 atom stereocenters. The number of nitrogens with two attached hydrogens (primary N) is 2. The minimum atomic E-state index is -0.541. The van der Waals surface area contributed by atoms with Gasteiger partial charge in [-0.3, -0.25) is 15.2 Å². The number of aryl methyl sites for hydroxylation is 1. The molecule has 4 rings (SSSR count). The Kier molecular flexibility index (Phi) is 10.9. The fourth-order valence-electron chi connectivity index (χ4n) is 5.00. The Bertz CT molecular complexity index is 1610. The summed E-state index contributed by atoms with van der Waals surface area (Å²) in [7, 11) is 0. The van der Waals surface area contributed by atoms with Gasteiger partial charge in [-0.1, -0.05) is 23.7 Å². The second kappa shape index (κ2) is 14.6. The number of H-pyrrole nitrogens is 1. The second-order valence-corrected chi connectivity index (χ2v) is 11.2. The topological polar surface area (TPSA) is 180 Å². The van der Waals surface area contributed by atoms with Crippen molar-refractivity contribution in [1.29, 1.82) is 5.41 Å². The fraction of sp³-hybridized carbons (Fsp3) is 0.367. The van der Waals surface area contributed by atoms with Crippen LogP contribution >= 0.6 is 11.6 Å². The number of halogens is 2. The third-order valence-corrected chi connectivity index (χ3v) is 7.53. The zero-order chi connectivity index (χ0) is 31.1. The van der Waals surface area contributed by atoms with Crippen LogP contribution in [0.5, 0.6) is 0 Å². The maximum Gasteiger partial charge on any atom is 0.354 e. The van der Waals surface area contributed by atoms with Gasteiger partial charge in [-0.05, 0) is 81.0 Å². The number of nitrogens with one attached hydrogen (secondary N) is 4. The molecule has 2 aromatic heterocycles. The Morgan fingerprint density at radius 2 is 1.98 bits per heavy atom. The Hall–Kier alpha value is -3.81. The van der Waals surface area contributed by atoms with Gasteiger partial charge >= 0.3 is 5.69 Å². The van der Waals surface area contributed by atoms with E-state index in [1.807, 2.05) is 38.1 Å². The number of nitrogens with zero attached hydrogens (tertiary/aromatic N) is 2. The standard InChI is InChI=1S/C30H38ClFN8O3/c1-17(33)4-3-5-19-12-24(27(32)25(31)13-19)26-14-21-15-40(30(41)39-28(21)38-26)23-8-6-20(7-9-23)18(2)37-22(16-43-42)10-11-36-29(34)35/h6-9,12-15,17-18,22,37,42H,3-5,10-11,16,33H2,1-2H3,(H4,34,35,36)(H,38,39,41)/t17-,18-,22-/m0/s1. The molecule has 0 radical (unpaired) electrons. The van der Waals surface area contributed by atoms with E-state index < -0.39 is 11.5 Å². The minimum absolute atomic E-state index is 0.0335. The van der Waals surface area contributed by atoms with Gasteiger partial charge < -0.3 is 27.1 Å². The molecular formula is C30H38ClFN8O3. The SMILES string of the molecule is C[C@H](N)CCCc1cc(Cl)c(F)c(-c2cc3cn(-c4ccc([C@H](C)N[C@@H](CCNC(=N)N)COO)cc4)c(=O)nc3[nH]2)c1. The minimum Gasteiger partial charge on any atom is -0.370 e. The highest BCUT2D eigenvalue weighted by atomic mass is 35.5. The summed E-state index contributed by atoms with van der Waals surface area (Å²) in [6.07, 6.45) is 4.66. The third kappa shape index (κ3) is 8.39. The number of hydrogen-bond donors (Lipinski definition) is 7. The molecule has 2 heterocycles. The summed E-state index contributed by atoms with van der Waals surface area (Å²) in [5.41, 5.74) is 14.3. The molecule has 0 aliphatic carbocycles. The lowest BCUT2D eigenvalue weighted by molar-refractivity contribution is -0.247. The molecule has 0 bridgehead atoms. The summed E-state index contributed by atoms with van der Waals surface area (Å²) in [6.45, 7) is 4.43.